The molecule has 0 aliphatic carbocycles. The van der Waals surface area contributed by atoms with Gasteiger partial charge in [-0.1, -0.05) is 23.5 Å². The van der Waals surface area contributed by atoms with Crippen molar-refractivity contribution in [2.45, 2.75) is 26.8 Å². The van der Waals surface area contributed by atoms with Crippen molar-refractivity contribution >= 4 is 39.2 Å². The summed E-state index contributed by atoms with van der Waals surface area (Å²) >= 11 is 1.03. The van der Waals surface area contributed by atoms with Gasteiger partial charge in [-0.3, -0.25) is 14.2 Å². The Morgan fingerprint density at radius 3 is 2.81 bits per heavy atom. The first-order chi connectivity index (χ1) is 12.9. The minimum absolute atomic E-state index is 0.257. The molecule has 1 unspecified atom stereocenters. The van der Waals surface area contributed by atoms with Crippen molar-refractivity contribution in [2.75, 3.05) is 11.9 Å². The Bertz CT molecular complexity index is 1070. The highest BCUT2D eigenvalue weighted by atomic mass is 32.1. The lowest BCUT2D eigenvalue weighted by atomic mass is 10.2. The average Bonchev–Trinajstić information content (AvgIpc) is 3.02. The predicted octanol–water partition coefficient (Wildman–Crippen LogP) is 2.54. The topological polar surface area (TPSA) is 103 Å². The highest BCUT2D eigenvalue weighted by Gasteiger charge is 2.21. The van der Waals surface area contributed by atoms with Crippen LogP contribution in [0.15, 0.2) is 35.4 Å². The number of aromatic nitrogens is 3. The van der Waals surface area contributed by atoms with Crippen LogP contribution in [0.2, 0.25) is 0 Å². The third-order valence-corrected chi connectivity index (χ3v) is 5.03. The molecule has 2 heterocycles. The van der Waals surface area contributed by atoms with Crippen LogP contribution in [0, 0.1) is 6.92 Å². The summed E-state index contributed by atoms with van der Waals surface area (Å²) in [5.41, 5.74) is 0.748. The summed E-state index contributed by atoms with van der Waals surface area (Å²) in [7, 11) is 0. The van der Waals surface area contributed by atoms with Gasteiger partial charge in [-0.15, -0.1) is 0 Å². The molecule has 1 atom stereocenters. The van der Waals surface area contributed by atoms with E-state index >= 15 is 0 Å². The van der Waals surface area contributed by atoms with Crippen molar-refractivity contribution in [1.82, 2.24) is 14.5 Å². The molecule has 8 nitrogen and oxygen atoms in total. The molecule has 9 heteroatoms. The van der Waals surface area contributed by atoms with Gasteiger partial charge in [-0.2, -0.15) is 0 Å². The SMILES string of the molecule is CCOC(=O)c1sc(NC(=O)C(C)n2cnc3ccccc3c2=O)nc1C. The van der Waals surface area contributed by atoms with E-state index in [1.54, 1.807) is 45.0 Å². The molecular formula is C18H18N4O4S. The van der Waals surface area contributed by atoms with Gasteiger partial charge in [0.05, 0.1) is 29.5 Å². The van der Waals surface area contributed by atoms with Gasteiger partial charge < -0.3 is 10.1 Å². The molecule has 0 bridgehead atoms. The first-order valence-electron chi connectivity index (χ1n) is 8.33. The number of hydrogen-bond donors (Lipinski definition) is 1. The van der Waals surface area contributed by atoms with Crippen LogP contribution in [0.1, 0.15) is 35.3 Å². The minimum Gasteiger partial charge on any atom is -0.462 e. The van der Waals surface area contributed by atoms with Crippen molar-refractivity contribution in [3.05, 3.63) is 51.5 Å². The number of rotatable bonds is 5. The van der Waals surface area contributed by atoms with E-state index in [-0.39, 0.29) is 17.3 Å². The number of carbonyl (C=O) groups excluding carboxylic acids is 2. The van der Waals surface area contributed by atoms with Crippen LogP contribution >= 0.6 is 11.3 Å². The van der Waals surface area contributed by atoms with Crippen molar-refractivity contribution < 1.29 is 14.3 Å². The standard InChI is InChI=1S/C18H18N4O4S/c1-4-26-17(25)14-10(2)20-18(27-14)21-15(23)11(3)22-9-19-13-8-6-5-7-12(13)16(22)24/h5-9,11H,4H2,1-3H3,(H,20,21,23). The molecule has 1 amide bonds. The summed E-state index contributed by atoms with van der Waals surface area (Å²) in [6.45, 7) is 5.24. The fourth-order valence-corrected chi connectivity index (χ4v) is 3.39. The van der Waals surface area contributed by atoms with Gasteiger partial charge in [0.15, 0.2) is 5.13 Å². The normalized spacial score (nSPS) is 12.0. The van der Waals surface area contributed by atoms with E-state index in [0.717, 1.165) is 11.3 Å². The number of anilines is 1. The molecule has 0 radical (unpaired) electrons. The molecule has 27 heavy (non-hydrogen) atoms. The predicted molar refractivity (Wildman–Crippen MR) is 102 cm³/mol. The van der Waals surface area contributed by atoms with Crippen molar-refractivity contribution in [1.29, 1.82) is 0 Å². The molecule has 0 aliphatic rings. The number of fused-ring (bicyclic) bond motifs is 1. The second-order valence-electron chi connectivity index (χ2n) is 5.79. The lowest BCUT2D eigenvalue weighted by molar-refractivity contribution is -0.118. The van der Waals surface area contributed by atoms with E-state index < -0.39 is 17.9 Å². The lowest BCUT2D eigenvalue weighted by Crippen LogP contribution is -2.31. The Hall–Kier alpha value is -3.07. The lowest BCUT2D eigenvalue weighted by Gasteiger charge is -2.14. The summed E-state index contributed by atoms with van der Waals surface area (Å²) in [4.78, 5) is 45.8. The van der Waals surface area contributed by atoms with Crippen LogP contribution in [0.5, 0.6) is 0 Å². The first-order valence-corrected chi connectivity index (χ1v) is 9.15. The van der Waals surface area contributed by atoms with Gasteiger partial charge in [-0.05, 0) is 32.9 Å². The molecule has 0 aliphatic heterocycles. The molecule has 3 aromatic rings. The zero-order valence-corrected chi connectivity index (χ0v) is 15.9. The fraction of sp³-hybridized carbons (Fsp3) is 0.278. The van der Waals surface area contributed by atoms with Gasteiger partial charge in [0, 0.05) is 0 Å². The number of ether oxygens (including phenoxy) is 1. The molecule has 0 fully saturated rings. The molecule has 0 saturated heterocycles. The number of thiazole rings is 1. The molecular weight excluding hydrogens is 368 g/mol. The number of carbonyl (C=O) groups is 2. The average molecular weight is 386 g/mol. The smallest absolute Gasteiger partial charge is 0.350 e. The van der Waals surface area contributed by atoms with E-state index in [9.17, 15) is 14.4 Å². The third-order valence-electron chi connectivity index (χ3n) is 3.97. The maximum atomic E-state index is 12.6. The van der Waals surface area contributed by atoms with Gasteiger partial charge in [0.25, 0.3) is 5.56 Å². The quantitative estimate of drug-likeness (QED) is 0.676. The van der Waals surface area contributed by atoms with Crippen LogP contribution in [0.25, 0.3) is 10.9 Å². The summed E-state index contributed by atoms with van der Waals surface area (Å²) in [5, 5.41) is 3.36. The maximum absolute atomic E-state index is 12.6. The van der Waals surface area contributed by atoms with E-state index in [2.05, 4.69) is 15.3 Å². The van der Waals surface area contributed by atoms with Gasteiger partial charge in [0.1, 0.15) is 10.9 Å². The first kappa shape index (κ1) is 18.7. The summed E-state index contributed by atoms with van der Waals surface area (Å²) < 4.78 is 6.23. The number of esters is 1. The third kappa shape index (κ3) is 3.72. The molecule has 0 spiro atoms. The highest BCUT2D eigenvalue weighted by molar-refractivity contribution is 7.17. The fourth-order valence-electron chi connectivity index (χ4n) is 2.53. The minimum atomic E-state index is -0.801. The second kappa shape index (κ2) is 7.67. The largest absolute Gasteiger partial charge is 0.462 e. The Morgan fingerprint density at radius 2 is 2.07 bits per heavy atom. The van der Waals surface area contributed by atoms with Crippen LogP contribution < -0.4 is 10.9 Å². The number of hydrogen-bond acceptors (Lipinski definition) is 7. The number of aryl methyl sites for hydroxylation is 1. The summed E-state index contributed by atoms with van der Waals surface area (Å²) in [6.07, 6.45) is 1.35. The van der Waals surface area contributed by atoms with E-state index in [4.69, 9.17) is 4.74 Å². The maximum Gasteiger partial charge on any atom is 0.350 e. The Kier molecular flexibility index (Phi) is 5.31. The zero-order valence-electron chi connectivity index (χ0n) is 15.1. The molecule has 2 aromatic heterocycles. The summed E-state index contributed by atoms with van der Waals surface area (Å²) in [6, 6.07) is 6.14. The Morgan fingerprint density at radius 1 is 1.33 bits per heavy atom. The number of nitrogens with one attached hydrogen (secondary N) is 1. The number of amides is 1. The molecule has 140 valence electrons. The van der Waals surface area contributed by atoms with E-state index in [0.29, 0.717) is 21.5 Å². The Labute approximate surface area is 158 Å². The molecule has 3 rings (SSSR count). The van der Waals surface area contributed by atoms with Crippen molar-refractivity contribution in [3.63, 3.8) is 0 Å². The molecule has 0 saturated carbocycles. The van der Waals surface area contributed by atoms with E-state index in [1.807, 2.05) is 0 Å². The number of benzene rings is 1. The van der Waals surface area contributed by atoms with Crippen molar-refractivity contribution in [2.24, 2.45) is 0 Å². The van der Waals surface area contributed by atoms with Crippen LogP contribution in [0.4, 0.5) is 5.13 Å². The van der Waals surface area contributed by atoms with Crippen LogP contribution in [-0.4, -0.2) is 33.0 Å². The number of para-hydroxylation sites is 1. The van der Waals surface area contributed by atoms with Gasteiger partial charge in [-0.25, -0.2) is 14.8 Å². The van der Waals surface area contributed by atoms with Gasteiger partial charge >= 0.3 is 5.97 Å². The molecule has 1 aromatic carbocycles. The van der Waals surface area contributed by atoms with E-state index in [1.165, 1.54) is 10.9 Å². The second-order valence-corrected chi connectivity index (χ2v) is 6.79. The highest BCUT2D eigenvalue weighted by Crippen LogP contribution is 2.24. The zero-order chi connectivity index (χ0) is 19.6. The van der Waals surface area contributed by atoms with Crippen LogP contribution in [-0.2, 0) is 9.53 Å². The van der Waals surface area contributed by atoms with Gasteiger partial charge in [0.2, 0.25) is 5.91 Å². The summed E-state index contributed by atoms with van der Waals surface area (Å²) in [5.74, 6) is -0.908. The Balaban J connectivity index is 1.83. The van der Waals surface area contributed by atoms with Crippen LogP contribution in [0.3, 0.4) is 0 Å². The monoisotopic (exact) mass is 386 g/mol. The van der Waals surface area contributed by atoms with Crippen molar-refractivity contribution in [3.8, 4) is 0 Å². The molecule has 1 N–H and O–H groups in total. The number of nitrogens with zero attached hydrogens (tertiary/aromatic N) is 3.